The molecule has 1 aliphatic rings. The molecule has 1 unspecified atom stereocenters. The molecule has 104 valence electrons. The van der Waals surface area contributed by atoms with Gasteiger partial charge in [-0.25, -0.2) is 0 Å². The number of ether oxygens (including phenoxy) is 1. The molecule has 1 aliphatic heterocycles. The van der Waals surface area contributed by atoms with Crippen LogP contribution in [0, 0.1) is 11.3 Å². The van der Waals surface area contributed by atoms with E-state index in [4.69, 9.17) is 4.74 Å². The van der Waals surface area contributed by atoms with E-state index in [-0.39, 0.29) is 5.54 Å². The zero-order chi connectivity index (χ0) is 13.6. The Kier molecular flexibility index (Phi) is 5.58. The smallest absolute Gasteiger partial charge is 0.105 e. The van der Waals surface area contributed by atoms with E-state index in [9.17, 15) is 5.26 Å². The van der Waals surface area contributed by atoms with Crippen LogP contribution in [0.5, 0.6) is 0 Å². The standard InChI is InChI=1S/C14H27N3O/c1-5-7-16-14(4,11-15)6-8-17-9-10-18-12-13(17,2)3/h16H,5-10,12H2,1-4H3. The summed E-state index contributed by atoms with van der Waals surface area (Å²) < 4.78 is 5.52. The second-order valence-corrected chi connectivity index (χ2v) is 5.97. The molecule has 1 heterocycles. The predicted octanol–water partition coefficient (Wildman–Crippen LogP) is 1.77. The summed E-state index contributed by atoms with van der Waals surface area (Å²) in [5, 5.41) is 12.7. The molecule has 0 aliphatic carbocycles. The third kappa shape index (κ3) is 4.24. The summed E-state index contributed by atoms with van der Waals surface area (Å²) >= 11 is 0. The normalized spacial score (nSPS) is 23.3. The fraction of sp³-hybridized carbons (Fsp3) is 0.929. The second kappa shape index (κ2) is 6.51. The molecular formula is C14H27N3O. The van der Waals surface area contributed by atoms with Gasteiger partial charge in [0.25, 0.3) is 0 Å². The van der Waals surface area contributed by atoms with E-state index in [2.05, 4.69) is 37.1 Å². The Bertz CT molecular complexity index is 298. The van der Waals surface area contributed by atoms with Crippen LogP contribution in [0.1, 0.15) is 40.5 Å². The summed E-state index contributed by atoms with van der Waals surface area (Å²) in [5.41, 5.74) is -0.330. The molecule has 1 rings (SSSR count). The van der Waals surface area contributed by atoms with Crippen molar-refractivity contribution in [1.29, 1.82) is 5.26 Å². The Labute approximate surface area is 111 Å². The van der Waals surface area contributed by atoms with Gasteiger partial charge in [0.1, 0.15) is 5.54 Å². The fourth-order valence-corrected chi connectivity index (χ4v) is 2.25. The van der Waals surface area contributed by atoms with Crippen molar-refractivity contribution in [2.24, 2.45) is 0 Å². The van der Waals surface area contributed by atoms with Gasteiger partial charge in [0.15, 0.2) is 0 Å². The molecular weight excluding hydrogens is 226 g/mol. The van der Waals surface area contributed by atoms with Crippen molar-refractivity contribution in [1.82, 2.24) is 10.2 Å². The molecule has 0 aromatic rings. The van der Waals surface area contributed by atoms with Gasteiger partial charge in [-0.05, 0) is 40.2 Å². The van der Waals surface area contributed by atoms with Crippen molar-refractivity contribution in [2.45, 2.75) is 51.6 Å². The molecule has 0 spiro atoms. The first-order valence-electron chi connectivity index (χ1n) is 6.92. The average Bonchev–Trinajstić information content (AvgIpc) is 2.34. The number of rotatable bonds is 6. The largest absolute Gasteiger partial charge is 0.378 e. The Morgan fingerprint density at radius 1 is 1.50 bits per heavy atom. The van der Waals surface area contributed by atoms with Crippen LogP contribution >= 0.6 is 0 Å². The fourth-order valence-electron chi connectivity index (χ4n) is 2.25. The van der Waals surface area contributed by atoms with Crippen molar-refractivity contribution in [3.63, 3.8) is 0 Å². The topological polar surface area (TPSA) is 48.3 Å². The van der Waals surface area contributed by atoms with Crippen LogP contribution < -0.4 is 5.32 Å². The van der Waals surface area contributed by atoms with Gasteiger partial charge in [-0.1, -0.05) is 6.92 Å². The van der Waals surface area contributed by atoms with Crippen molar-refractivity contribution in [3.05, 3.63) is 0 Å². The van der Waals surface area contributed by atoms with Crippen LogP contribution in [0.2, 0.25) is 0 Å². The van der Waals surface area contributed by atoms with Gasteiger partial charge >= 0.3 is 0 Å². The van der Waals surface area contributed by atoms with Gasteiger partial charge in [0, 0.05) is 18.6 Å². The number of hydrogen-bond donors (Lipinski definition) is 1. The van der Waals surface area contributed by atoms with Crippen LogP contribution in [0.15, 0.2) is 0 Å². The van der Waals surface area contributed by atoms with E-state index >= 15 is 0 Å². The Balaban J connectivity index is 2.49. The Hall–Kier alpha value is -0.630. The third-order valence-corrected chi connectivity index (χ3v) is 3.71. The molecule has 4 heteroatoms. The Morgan fingerprint density at radius 3 is 2.78 bits per heavy atom. The summed E-state index contributed by atoms with van der Waals surface area (Å²) in [6.45, 7) is 12.9. The summed E-state index contributed by atoms with van der Waals surface area (Å²) in [5.74, 6) is 0. The molecule has 0 aromatic carbocycles. The summed E-state index contributed by atoms with van der Waals surface area (Å²) in [6.07, 6.45) is 1.91. The van der Waals surface area contributed by atoms with E-state index in [1.807, 2.05) is 6.92 Å². The van der Waals surface area contributed by atoms with Crippen molar-refractivity contribution in [2.75, 3.05) is 32.8 Å². The zero-order valence-corrected chi connectivity index (χ0v) is 12.3. The van der Waals surface area contributed by atoms with Crippen LogP contribution in [0.4, 0.5) is 0 Å². The van der Waals surface area contributed by atoms with Crippen LogP contribution in [-0.2, 0) is 4.74 Å². The van der Waals surface area contributed by atoms with Crippen molar-refractivity contribution < 1.29 is 4.74 Å². The van der Waals surface area contributed by atoms with E-state index in [1.54, 1.807) is 0 Å². The highest BCUT2D eigenvalue weighted by atomic mass is 16.5. The van der Waals surface area contributed by atoms with Gasteiger partial charge < -0.3 is 4.74 Å². The molecule has 0 radical (unpaired) electrons. The molecule has 0 saturated carbocycles. The number of nitriles is 1. The van der Waals surface area contributed by atoms with Gasteiger partial charge in [-0.15, -0.1) is 0 Å². The highest BCUT2D eigenvalue weighted by Gasteiger charge is 2.32. The summed E-state index contributed by atoms with van der Waals surface area (Å²) in [7, 11) is 0. The highest BCUT2D eigenvalue weighted by molar-refractivity contribution is 5.04. The monoisotopic (exact) mass is 253 g/mol. The van der Waals surface area contributed by atoms with Crippen molar-refractivity contribution in [3.8, 4) is 6.07 Å². The lowest BCUT2D eigenvalue weighted by molar-refractivity contribution is -0.0527. The maximum Gasteiger partial charge on any atom is 0.105 e. The lowest BCUT2D eigenvalue weighted by Gasteiger charge is -2.43. The van der Waals surface area contributed by atoms with E-state index < -0.39 is 5.54 Å². The lowest BCUT2D eigenvalue weighted by atomic mass is 9.96. The van der Waals surface area contributed by atoms with Crippen LogP contribution in [-0.4, -0.2) is 48.8 Å². The molecule has 18 heavy (non-hydrogen) atoms. The van der Waals surface area contributed by atoms with E-state index in [0.717, 1.165) is 45.7 Å². The quantitative estimate of drug-likeness (QED) is 0.784. The van der Waals surface area contributed by atoms with Crippen LogP contribution in [0.3, 0.4) is 0 Å². The minimum absolute atomic E-state index is 0.0827. The maximum absolute atomic E-state index is 9.32. The second-order valence-electron chi connectivity index (χ2n) is 5.97. The van der Waals surface area contributed by atoms with Crippen molar-refractivity contribution >= 4 is 0 Å². The molecule has 0 amide bonds. The predicted molar refractivity (Wildman–Crippen MR) is 73.4 cm³/mol. The van der Waals surface area contributed by atoms with Gasteiger partial charge in [0.05, 0.1) is 19.3 Å². The molecule has 1 saturated heterocycles. The van der Waals surface area contributed by atoms with E-state index in [1.165, 1.54) is 0 Å². The summed E-state index contributed by atoms with van der Waals surface area (Å²) in [6, 6.07) is 2.41. The molecule has 0 bridgehead atoms. The minimum atomic E-state index is -0.412. The first kappa shape index (κ1) is 15.4. The first-order valence-corrected chi connectivity index (χ1v) is 6.92. The van der Waals surface area contributed by atoms with Gasteiger partial charge in [-0.2, -0.15) is 5.26 Å². The van der Waals surface area contributed by atoms with Crippen LogP contribution in [0.25, 0.3) is 0 Å². The SMILES string of the molecule is CCCNC(C)(C#N)CCN1CCOCC1(C)C. The number of hydrogen-bond acceptors (Lipinski definition) is 4. The number of morpholine rings is 1. The highest BCUT2D eigenvalue weighted by Crippen LogP contribution is 2.21. The molecule has 1 atom stereocenters. The average molecular weight is 253 g/mol. The molecule has 1 fully saturated rings. The zero-order valence-electron chi connectivity index (χ0n) is 12.3. The number of nitrogens with one attached hydrogen (secondary N) is 1. The minimum Gasteiger partial charge on any atom is -0.378 e. The van der Waals surface area contributed by atoms with Gasteiger partial charge in [-0.3, -0.25) is 10.2 Å². The molecule has 1 N–H and O–H groups in total. The summed E-state index contributed by atoms with van der Waals surface area (Å²) in [4.78, 5) is 2.43. The van der Waals surface area contributed by atoms with Gasteiger partial charge in [0.2, 0.25) is 0 Å². The Morgan fingerprint density at radius 2 is 2.22 bits per heavy atom. The molecule has 4 nitrogen and oxygen atoms in total. The third-order valence-electron chi connectivity index (χ3n) is 3.71. The first-order chi connectivity index (χ1) is 8.43. The lowest BCUT2D eigenvalue weighted by Crippen LogP contribution is -2.55. The number of nitrogens with zero attached hydrogens (tertiary/aromatic N) is 2. The molecule has 0 aromatic heterocycles. The van der Waals surface area contributed by atoms with E-state index in [0.29, 0.717) is 0 Å². The maximum atomic E-state index is 9.32.